The first-order chi connectivity index (χ1) is 12.1. The van der Waals surface area contributed by atoms with Gasteiger partial charge in [-0.1, -0.05) is 12.1 Å². The molecule has 1 heterocycles. The van der Waals surface area contributed by atoms with Gasteiger partial charge in [0.05, 0.1) is 13.3 Å². The van der Waals surface area contributed by atoms with Crippen molar-refractivity contribution < 1.29 is 4.74 Å². The minimum Gasteiger partial charge on any atom is -0.496 e. The number of halogens is 1. The third-order valence-corrected chi connectivity index (χ3v) is 3.95. The Morgan fingerprint density at radius 2 is 2.04 bits per heavy atom. The standard InChI is InChI=1S/C19H29N5O.HI/c1-5-20-19(22-11-9-17-13-23-24(3)14-17)21-10-8-16-7-6-15(2)18(12-16)25-4;/h6-7,12-14H,5,8-11H2,1-4H3,(H2,20,21,22);1H. The average Bonchev–Trinajstić information content (AvgIpc) is 3.01. The summed E-state index contributed by atoms with van der Waals surface area (Å²) in [5, 5.41) is 10.8. The summed E-state index contributed by atoms with van der Waals surface area (Å²) in [5.41, 5.74) is 3.61. The van der Waals surface area contributed by atoms with Crippen LogP contribution in [0.2, 0.25) is 0 Å². The van der Waals surface area contributed by atoms with Crippen molar-refractivity contribution in [2.75, 3.05) is 26.7 Å². The highest BCUT2D eigenvalue weighted by Gasteiger charge is 2.02. The van der Waals surface area contributed by atoms with Gasteiger partial charge in [-0.3, -0.25) is 9.67 Å². The minimum atomic E-state index is 0. The number of aliphatic imine (C=N–C) groups is 1. The molecule has 7 heteroatoms. The van der Waals surface area contributed by atoms with Gasteiger partial charge < -0.3 is 15.4 Å². The van der Waals surface area contributed by atoms with Gasteiger partial charge in [-0.05, 0) is 49.4 Å². The highest BCUT2D eigenvalue weighted by Crippen LogP contribution is 2.19. The summed E-state index contributed by atoms with van der Waals surface area (Å²) in [5.74, 6) is 1.79. The summed E-state index contributed by atoms with van der Waals surface area (Å²) in [4.78, 5) is 4.66. The van der Waals surface area contributed by atoms with Crippen LogP contribution in [-0.2, 0) is 19.9 Å². The van der Waals surface area contributed by atoms with E-state index < -0.39 is 0 Å². The minimum absolute atomic E-state index is 0. The number of aromatic nitrogens is 2. The maximum absolute atomic E-state index is 5.38. The van der Waals surface area contributed by atoms with E-state index in [1.165, 1.54) is 11.1 Å². The zero-order chi connectivity index (χ0) is 18.1. The fourth-order valence-corrected chi connectivity index (χ4v) is 2.58. The Hall–Kier alpha value is -1.77. The van der Waals surface area contributed by atoms with Crippen LogP contribution in [0.5, 0.6) is 5.75 Å². The Labute approximate surface area is 173 Å². The van der Waals surface area contributed by atoms with Crippen molar-refractivity contribution in [2.24, 2.45) is 12.0 Å². The van der Waals surface area contributed by atoms with E-state index in [0.29, 0.717) is 0 Å². The van der Waals surface area contributed by atoms with Crippen molar-refractivity contribution in [1.29, 1.82) is 0 Å². The molecule has 0 aliphatic rings. The molecule has 0 amide bonds. The molecule has 0 spiro atoms. The van der Waals surface area contributed by atoms with Gasteiger partial charge >= 0.3 is 0 Å². The SMILES string of the molecule is CCNC(=NCCc1ccc(C)c(OC)c1)NCCc1cnn(C)c1.I. The van der Waals surface area contributed by atoms with Crippen LogP contribution in [0.4, 0.5) is 0 Å². The van der Waals surface area contributed by atoms with Crippen molar-refractivity contribution in [3.63, 3.8) is 0 Å². The Balaban J connectivity index is 0.00000338. The molecule has 0 atom stereocenters. The highest BCUT2D eigenvalue weighted by molar-refractivity contribution is 14.0. The van der Waals surface area contributed by atoms with E-state index in [0.717, 1.165) is 49.7 Å². The number of aryl methyl sites for hydroxylation is 2. The molecule has 6 nitrogen and oxygen atoms in total. The summed E-state index contributed by atoms with van der Waals surface area (Å²) in [6, 6.07) is 6.32. The molecule has 0 saturated heterocycles. The number of methoxy groups -OCH3 is 1. The van der Waals surface area contributed by atoms with Gasteiger partial charge in [0.15, 0.2) is 5.96 Å². The summed E-state index contributed by atoms with van der Waals surface area (Å²) < 4.78 is 7.21. The molecule has 0 bridgehead atoms. The lowest BCUT2D eigenvalue weighted by molar-refractivity contribution is 0.411. The van der Waals surface area contributed by atoms with Crippen LogP contribution in [0.25, 0.3) is 0 Å². The summed E-state index contributed by atoms with van der Waals surface area (Å²) in [6.07, 6.45) is 5.75. The number of nitrogens with one attached hydrogen (secondary N) is 2. The highest BCUT2D eigenvalue weighted by atomic mass is 127. The van der Waals surface area contributed by atoms with Crippen LogP contribution >= 0.6 is 24.0 Å². The topological polar surface area (TPSA) is 63.5 Å². The number of nitrogens with zero attached hydrogens (tertiary/aromatic N) is 3. The molecule has 1 aromatic heterocycles. The molecule has 2 N–H and O–H groups in total. The molecule has 144 valence electrons. The maximum Gasteiger partial charge on any atom is 0.191 e. The van der Waals surface area contributed by atoms with Gasteiger partial charge in [-0.2, -0.15) is 5.10 Å². The molecular weight excluding hydrogens is 441 g/mol. The van der Waals surface area contributed by atoms with Crippen LogP contribution in [0.15, 0.2) is 35.6 Å². The smallest absolute Gasteiger partial charge is 0.191 e. The zero-order valence-corrected chi connectivity index (χ0v) is 18.4. The quantitative estimate of drug-likeness (QED) is 0.353. The number of benzene rings is 1. The number of guanidine groups is 1. The largest absolute Gasteiger partial charge is 0.496 e. The second-order valence-electron chi connectivity index (χ2n) is 6.01. The fraction of sp³-hybridized carbons (Fsp3) is 0.474. The van der Waals surface area contributed by atoms with Gasteiger partial charge in [0, 0.05) is 32.9 Å². The molecule has 0 saturated carbocycles. The van der Waals surface area contributed by atoms with E-state index in [4.69, 9.17) is 4.74 Å². The molecular formula is C19H30IN5O. The molecule has 0 aliphatic carbocycles. The van der Waals surface area contributed by atoms with Crippen LogP contribution in [0, 0.1) is 6.92 Å². The van der Waals surface area contributed by atoms with Crippen LogP contribution in [-0.4, -0.2) is 42.5 Å². The molecule has 2 rings (SSSR count). The lowest BCUT2D eigenvalue weighted by Gasteiger charge is -2.11. The Morgan fingerprint density at radius 3 is 2.69 bits per heavy atom. The summed E-state index contributed by atoms with van der Waals surface area (Å²) >= 11 is 0. The van der Waals surface area contributed by atoms with E-state index in [1.54, 1.807) is 7.11 Å². The summed E-state index contributed by atoms with van der Waals surface area (Å²) in [7, 11) is 3.64. The predicted octanol–water partition coefficient (Wildman–Crippen LogP) is 2.70. The molecule has 0 unspecified atom stereocenters. The monoisotopic (exact) mass is 471 g/mol. The number of hydrogen-bond acceptors (Lipinski definition) is 3. The van der Waals surface area contributed by atoms with E-state index in [-0.39, 0.29) is 24.0 Å². The molecule has 0 aliphatic heterocycles. The second kappa shape index (κ2) is 11.8. The maximum atomic E-state index is 5.38. The summed E-state index contributed by atoms with van der Waals surface area (Å²) in [6.45, 7) is 6.53. The first kappa shape index (κ1) is 22.3. The molecule has 26 heavy (non-hydrogen) atoms. The number of hydrogen-bond donors (Lipinski definition) is 2. The van der Waals surface area contributed by atoms with E-state index in [1.807, 2.05) is 24.1 Å². The third-order valence-electron chi connectivity index (χ3n) is 3.95. The van der Waals surface area contributed by atoms with Gasteiger partial charge in [0.1, 0.15) is 5.75 Å². The number of ether oxygens (including phenoxy) is 1. The first-order valence-electron chi connectivity index (χ1n) is 8.75. The average molecular weight is 471 g/mol. The Morgan fingerprint density at radius 1 is 1.23 bits per heavy atom. The van der Waals surface area contributed by atoms with Crippen molar-refractivity contribution in [1.82, 2.24) is 20.4 Å². The molecule has 0 fully saturated rings. The van der Waals surface area contributed by atoms with Gasteiger partial charge in [-0.15, -0.1) is 24.0 Å². The third kappa shape index (κ3) is 7.23. The van der Waals surface area contributed by atoms with Crippen LogP contribution in [0.1, 0.15) is 23.6 Å². The first-order valence-corrected chi connectivity index (χ1v) is 8.75. The predicted molar refractivity (Wildman–Crippen MR) is 118 cm³/mol. The molecule has 0 radical (unpaired) electrons. The van der Waals surface area contributed by atoms with Gasteiger partial charge in [-0.25, -0.2) is 0 Å². The Kier molecular flexibility index (Phi) is 10.1. The van der Waals surface area contributed by atoms with Crippen molar-refractivity contribution in [3.05, 3.63) is 47.3 Å². The second-order valence-corrected chi connectivity index (χ2v) is 6.01. The zero-order valence-electron chi connectivity index (χ0n) is 16.1. The lowest BCUT2D eigenvalue weighted by atomic mass is 10.1. The molecule has 2 aromatic rings. The van der Waals surface area contributed by atoms with Crippen LogP contribution < -0.4 is 15.4 Å². The normalized spacial score (nSPS) is 11.0. The number of rotatable bonds is 8. The fourth-order valence-electron chi connectivity index (χ4n) is 2.58. The van der Waals surface area contributed by atoms with E-state index in [9.17, 15) is 0 Å². The van der Waals surface area contributed by atoms with Gasteiger partial charge in [0.2, 0.25) is 0 Å². The van der Waals surface area contributed by atoms with Crippen LogP contribution in [0.3, 0.4) is 0 Å². The lowest BCUT2D eigenvalue weighted by Crippen LogP contribution is -2.38. The molecule has 1 aromatic carbocycles. The van der Waals surface area contributed by atoms with Crippen molar-refractivity contribution in [3.8, 4) is 5.75 Å². The Bertz CT molecular complexity index is 699. The van der Waals surface area contributed by atoms with Crippen molar-refractivity contribution in [2.45, 2.75) is 26.7 Å². The van der Waals surface area contributed by atoms with E-state index >= 15 is 0 Å². The van der Waals surface area contributed by atoms with Crippen molar-refractivity contribution >= 4 is 29.9 Å². The van der Waals surface area contributed by atoms with Gasteiger partial charge in [0.25, 0.3) is 0 Å². The van der Waals surface area contributed by atoms with E-state index in [2.05, 4.69) is 52.8 Å².